The van der Waals surface area contributed by atoms with Crippen LogP contribution in [0.3, 0.4) is 0 Å². The minimum absolute atomic E-state index is 0. The van der Waals surface area contributed by atoms with Crippen LogP contribution in [0.15, 0.2) is 29.3 Å². The van der Waals surface area contributed by atoms with Gasteiger partial charge < -0.3 is 20.1 Å². The fourth-order valence-corrected chi connectivity index (χ4v) is 3.44. The van der Waals surface area contributed by atoms with E-state index in [1.54, 1.807) is 0 Å². The molecular weight excluding hydrogens is 479 g/mol. The molecular formula is C22H39IN4O2. The molecule has 1 aliphatic rings. The van der Waals surface area contributed by atoms with Crippen molar-refractivity contribution in [3.63, 3.8) is 0 Å². The van der Waals surface area contributed by atoms with Gasteiger partial charge in [0.1, 0.15) is 0 Å². The highest BCUT2D eigenvalue weighted by Crippen LogP contribution is 2.13. The predicted octanol–water partition coefficient (Wildman–Crippen LogP) is 3.25. The van der Waals surface area contributed by atoms with Crippen LogP contribution in [0.2, 0.25) is 0 Å². The average molecular weight is 518 g/mol. The maximum absolute atomic E-state index is 5.82. The van der Waals surface area contributed by atoms with Crippen LogP contribution < -0.4 is 10.6 Å². The third-order valence-electron chi connectivity index (χ3n) is 5.13. The third kappa shape index (κ3) is 9.63. The minimum atomic E-state index is 0. The molecule has 0 radical (unpaired) electrons. The first kappa shape index (κ1) is 26.1. The SMILES string of the molecule is CCOC(CCNC(=NC)NCc1ccccc1CN1CCOCC1)C(C)C.I. The molecule has 1 heterocycles. The number of guanidine groups is 1. The van der Waals surface area contributed by atoms with Gasteiger partial charge in [-0.05, 0) is 30.4 Å². The van der Waals surface area contributed by atoms with E-state index in [2.05, 4.69) is 65.6 Å². The smallest absolute Gasteiger partial charge is 0.191 e. The van der Waals surface area contributed by atoms with Gasteiger partial charge in [0.25, 0.3) is 0 Å². The molecule has 1 unspecified atom stereocenters. The van der Waals surface area contributed by atoms with E-state index in [1.807, 2.05) is 7.05 Å². The van der Waals surface area contributed by atoms with Crippen molar-refractivity contribution in [2.45, 2.75) is 46.4 Å². The van der Waals surface area contributed by atoms with Gasteiger partial charge >= 0.3 is 0 Å². The summed E-state index contributed by atoms with van der Waals surface area (Å²) in [6.45, 7) is 13.5. The van der Waals surface area contributed by atoms with Crippen LogP contribution in [0, 0.1) is 5.92 Å². The summed E-state index contributed by atoms with van der Waals surface area (Å²) in [5.74, 6) is 1.35. The number of halogens is 1. The molecule has 1 saturated heterocycles. The van der Waals surface area contributed by atoms with Crippen LogP contribution in [0.25, 0.3) is 0 Å². The molecule has 29 heavy (non-hydrogen) atoms. The van der Waals surface area contributed by atoms with E-state index in [0.717, 1.165) is 64.9 Å². The molecule has 1 aromatic rings. The van der Waals surface area contributed by atoms with Gasteiger partial charge in [-0.15, -0.1) is 24.0 Å². The van der Waals surface area contributed by atoms with Crippen molar-refractivity contribution in [2.24, 2.45) is 10.9 Å². The van der Waals surface area contributed by atoms with E-state index in [0.29, 0.717) is 5.92 Å². The molecule has 1 fully saturated rings. The van der Waals surface area contributed by atoms with Gasteiger partial charge in [-0.3, -0.25) is 9.89 Å². The summed E-state index contributed by atoms with van der Waals surface area (Å²) in [5, 5.41) is 6.87. The zero-order valence-electron chi connectivity index (χ0n) is 18.4. The molecule has 0 spiro atoms. The Morgan fingerprint density at radius 1 is 1.17 bits per heavy atom. The van der Waals surface area contributed by atoms with Crippen LogP contribution in [-0.4, -0.2) is 63.5 Å². The van der Waals surface area contributed by atoms with Gasteiger partial charge in [0.15, 0.2) is 5.96 Å². The van der Waals surface area contributed by atoms with Gasteiger partial charge in [0.05, 0.1) is 19.3 Å². The second-order valence-electron chi connectivity index (χ2n) is 7.54. The highest BCUT2D eigenvalue weighted by atomic mass is 127. The predicted molar refractivity (Wildman–Crippen MR) is 131 cm³/mol. The highest BCUT2D eigenvalue weighted by Gasteiger charge is 2.14. The Morgan fingerprint density at radius 2 is 1.86 bits per heavy atom. The normalized spacial score (nSPS) is 16.4. The van der Waals surface area contributed by atoms with Gasteiger partial charge in [0, 0.05) is 46.4 Å². The maximum atomic E-state index is 5.82. The lowest BCUT2D eigenvalue weighted by atomic mass is 10.0. The Kier molecular flexibility index (Phi) is 13.5. The summed E-state index contributed by atoms with van der Waals surface area (Å²) < 4.78 is 11.3. The fraction of sp³-hybridized carbons (Fsp3) is 0.682. The first-order valence-corrected chi connectivity index (χ1v) is 10.6. The summed E-state index contributed by atoms with van der Waals surface area (Å²) in [6.07, 6.45) is 1.25. The molecule has 2 N–H and O–H groups in total. The molecule has 1 atom stereocenters. The lowest BCUT2D eigenvalue weighted by Crippen LogP contribution is -2.39. The van der Waals surface area contributed by atoms with Crippen LogP contribution in [0.1, 0.15) is 38.3 Å². The van der Waals surface area contributed by atoms with Gasteiger partial charge in [-0.1, -0.05) is 38.1 Å². The molecule has 0 bridgehead atoms. The number of hydrogen-bond donors (Lipinski definition) is 2. The lowest BCUT2D eigenvalue weighted by Gasteiger charge is -2.27. The second-order valence-corrected chi connectivity index (χ2v) is 7.54. The number of ether oxygens (including phenoxy) is 2. The van der Waals surface area contributed by atoms with Crippen molar-refractivity contribution in [2.75, 3.05) is 46.5 Å². The Hall–Kier alpha value is -0.900. The van der Waals surface area contributed by atoms with Crippen LogP contribution >= 0.6 is 24.0 Å². The molecule has 7 heteroatoms. The topological polar surface area (TPSA) is 58.1 Å². The molecule has 2 rings (SSSR count). The summed E-state index contributed by atoms with van der Waals surface area (Å²) in [5.41, 5.74) is 2.68. The number of nitrogens with one attached hydrogen (secondary N) is 2. The van der Waals surface area contributed by atoms with E-state index in [1.165, 1.54) is 11.1 Å². The molecule has 1 aliphatic heterocycles. The van der Waals surface area contributed by atoms with Crippen molar-refractivity contribution in [1.82, 2.24) is 15.5 Å². The van der Waals surface area contributed by atoms with E-state index in [4.69, 9.17) is 9.47 Å². The third-order valence-corrected chi connectivity index (χ3v) is 5.13. The number of benzene rings is 1. The van der Waals surface area contributed by atoms with Gasteiger partial charge in [-0.25, -0.2) is 0 Å². The minimum Gasteiger partial charge on any atom is -0.379 e. The molecule has 0 amide bonds. The van der Waals surface area contributed by atoms with E-state index < -0.39 is 0 Å². The highest BCUT2D eigenvalue weighted by molar-refractivity contribution is 14.0. The van der Waals surface area contributed by atoms with E-state index >= 15 is 0 Å². The summed E-state index contributed by atoms with van der Waals surface area (Å²) >= 11 is 0. The van der Waals surface area contributed by atoms with Crippen molar-refractivity contribution >= 4 is 29.9 Å². The van der Waals surface area contributed by atoms with E-state index in [-0.39, 0.29) is 30.1 Å². The molecule has 0 aromatic heterocycles. The van der Waals surface area contributed by atoms with Crippen LogP contribution in [-0.2, 0) is 22.6 Å². The molecule has 1 aromatic carbocycles. The quantitative estimate of drug-likeness (QED) is 0.283. The second kappa shape index (κ2) is 15.0. The monoisotopic (exact) mass is 518 g/mol. The van der Waals surface area contributed by atoms with E-state index in [9.17, 15) is 0 Å². The van der Waals surface area contributed by atoms with Crippen molar-refractivity contribution in [3.8, 4) is 0 Å². The summed E-state index contributed by atoms with van der Waals surface area (Å²) in [4.78, 5) is 6.82. The standard InChI is InChI=1S/C22H38N4O2.HI/c1-5-28-21(18(2)3)10-11-24-22(23-4)25-16-19-8-6-7-9-20(19)17-26-12-14-27-15-13-26;/h6-9,18,21H,5,10-17H2,1-4H3,(H2,23,24,25);1H. The van der Waals surface area contributed by atoms with Crippen LogP contribution in [0.5, 0.6) is 0 Å². The number of nitrogens with zero attached hydrogens (tertiary/aromatic N) is 2. The molecule has 0 saturated carbocycles. The zero-order chi connectivity index (χ0) is 20.2. The average Bonchev–Trinajstić information content (AvgIpc) is 2.71. The molecule has 0 aliphatic carbocycles. The number of rotatable bonds is 10. The molecule has 6 nitrogen and oxygen atoms in total. The van der Waals surface area contributed by atoms with Gasteiger partial charge in [-0.2, -0.15) is 0 Å². The zero-order valence-corrected chi connectivity index (χ0v) is 20.8. The Bertz CT molecular complexity index is 592. The summed E-state index contributed by atoms with van der Waals surface area (Å²) in [6, 6.07) is 8.63. The number of aliphatic imine (C=N–C) groups is 1. The lowest BCUT2D eigenvalue weighted by molar-refractivity contribution is 0.0258. The largest absolute Gasteiger partial charge is 0.379 e. The Labute approximate surface area is 193 Å². The molecule has 166 valence electrons. The summed E-state index contributed by atoms with van der Waals surface area (Å²) in [7, 11) is 1.82. The number of hydrogen-bond acceptors (Lipinski definition) is 4. The fourth-order valence-electron chi connectivity index (χ4n) is 3.44. The maximum Gasteiger partial charge on any atom is 0.191 e. The van der Waals surface area contributed by atoms with Crippen LogP contribution in [0.4, 0.5) is 0 Å². The van der Waals surface area contributed by atoms with Crippen molar-refractivity contribution in [3.05, 3.63) is 35.4 Å². The Balaban J connectivity index is 0.00000420. The van der Waals surface area contributed by atoms with Crippen molar-refractivity contribution < 1.29 is 9.47 Å². The first-order valence-electron chi connectivity index (χ1n) is 10.6. The van der Waals surface area contributed by atoms with Crippen molar-refractivity contribution in [1.29, 1.82) is 0 Å². The van der Waals surface area contributed by atoms with Gasteiger partial charge in [0.2, 0.25) is 0 Å². The number of morpholine rings is 1. The first-order chi connectivity index (χ1) is 13.6. The Morgan fingerprint density at radius 3 is 2.48 bits per heavy atom.